The number of rotatable bonds is 4. The predicted molar refractivity (Wildman–Crippen MR) is 112 cm³/mol. The maximum absolute atomic E-state index is 12.9. The lowest BCUT2D eigenvalue weighted by Gasteiger charge is -2.59. The summed E-state index contributed by atoms with van der Waals surface area (Å²) in [7, 11) is 3.17. The summed E-state index contributed by atoms with van der Waals surface area (Å²) in [6.45, 7) is 8.31. The smallest absolute Gasteiger partial charge is 0.409 e. The molecule has 1 atom stereocenters. The first-order valence-electron chi connectivity index (χ1n) is 10.2. The second-order valence-corrected chi connectivity index (χ2v) is 11.4. The molecule has 6 heteroatoms. The van der Waals surface area contributed by atoms with Crippen LogP contribution in [0.4, 0.5) is 4.79 Å². The highest BCUT2D eigenvalue weighted by Gasteiger charge is 2.60. The summed E-state index contributed by atoms with van der Waals surface area (Å²) in [5.74, 6) is 0.662. The van der Waals surface area contributed by atoms with Crippen LogP contribution in [0.3, 0.4) is 0 Å². The fourth-order valence-electron chi connectivity index (χ4n) is 5.46. The maximum Gasteiger partial charge on any atom is 0.409 e. The van der Waals surface area contributed by atoms with Crippen molar-refractivity contribution >= 4 is 17.5 Å². The number of ether oxygens (including phenoxy) is 1. The second kappa shape index (κ2) is 6.92. The second-order valence-electron chi connectivity index (χ2n) is 9.66. The minimum Gasteiger partial charge on any atom is -0.598 e. The van der Waals surface area contributed by atoms with Gasteiger partial charge in [-0.15, -0.1) is 4.31 Å². The van der Waals surface area contributed by atoms with Gasteiger partial charge in [-0.25, -0.2) is 4.79 Å². The lowest BCUT2D eigenvalue weighted by atomic mass is 9.57. The average molecular weight is 405 g/mol. The number of carbonyl (C=O) groups is 1. The van der Waals surface area contributed by atoms with Crippen molar-refractivity contribution < 1.29 is 14.1 Å². The highest BCUT2D eigenvalue weighted by atomic mass is 32.2. The molecule has 1 aromatic carbocycles. The van der Waals surface area contributed by atoms with E-state index >= 15 is 0 Å². The number of carbonyl (C=O) groups excluding carboxylic acids is 1. The lowest BCUT2D eigenvalue weighted by molar-refractivity contribution is -0.0283. The van der Waals surface area contributed by atoms with Crippen molar-refractivity contribution in [1.29, 1.82) is 0 Å². The van der Waals surface area contributed by atoms with Gasteiger partial charge in [0.05, 0.1) is 25.7 Å². The minimum atomic E-state index is -0.937. The zero-order valence-electron chi connectivity index (χ0n) is 17.7. The van der Waals surface area contributed by atoms with E-state index in [4.69, 9.17) is 4.74 Å². The quantitative estimate of drug-likeness (QED) is 0.717. The van der Waals surface area contributed by atoms with Crippen LogP contribution in [0.5, 0.6) is 0 Å². The van der Waals surface area contributed by atoms with Crippen LogP contribution < -0.4 is 0 Å². The molecular formula is C22H32N2O3S. The lowest BCUT2D eigenvalue weighted by Crippen LogP contribution is -2.67. The van der Waals surface area contributed by atoms with Gasteiger partial charge >= 0.3 is 6.09 Å². The Balaban J connectivity index is 1.26. The first-order chi connectivity index (χ1) is 13.1. The SMILES string of the molecule is COC(=O)N(C)[C@]1(C)C[C@H]([S+]([O-])N2CC3(CC(c4cc(C)cc(C)c4)C3)C2)C1. The Morgan fingerprint density at radius 2 is 1.75 bits per heavy atom. The Hall–Kier alpha value is -1.24. The molecule has 1 aliphatic heterocycles. The molecule has 2 aliphatic carbocycles. The van der Waals surface area contributed by atoms with Gasteiger partial charge in [0, 0.05) is 36.7 Å². The van der Waals surface area contributed by atoms with E-state index in [2.05, 4.69) is 43.3 Å². The van der Waals surface area contributed by atoms with Crippen LogP contribution in [-0.2, 0) is 16.1 Å². The van der Waals surface area contributed by atoms with E-state index < -0.39 is 11.4 Å². The highest BCUT2D eigenvalue weighted by molar-refractivity contribution is 7.89. The van der Waals surface area contributed by atoms with Gasteiger partial charge in [-0.1, -0.05) is 29.3 Å². The summed E-state index contributed by atoms with van der Waals surface area (Å²) in [5, 5.41) is 0.157. The third-order valence-electron chi connectivity index (χ3n) is 7.23. The fourth-order valence-corrected chi connectivity index (χ4v) is 7.69. The highest BCUT2D eigenvalue weighted by Crippen LogP contribution is 2.57. The van der Waals surface area contributed by atoms with Crippen LogP contribution in [0.2, 0.25) is 0 Å². The third-order valence-corrected chi connectivity index (χ3v) is 8.90. The summed E-state index contributed by atoms with van der Waals surface area (Å²) < 4.78 is 19.9. The molecule has 0 aromatic heterocycles. The first kappa shape index (κ1) is 20.0. The summed E-state index contributed by atoms with van der Waals surface area (Å²) >= 11 is -0.937. The Morgan fingerprint density at radius 3 is 2.29 bits per heavy atom. The molecule has 28 heavy (non-hydrogen) atoms. The van der Waals surface area contributed by atoms with Gasteiger partial charge in [0.2, 0.25) is 0 Å². The number of nitrogens with zero attached hydrogens (tertiary/aromatic N) is 2. The molecule has 1 spiro atoms. The molecule has 3 aliphatic rings. The van der Waals surface area contributed by atoms with E-state index in [0.717, 1.165) is 25.9 Å². The minimum absolute atomic E-state index is 0.157. The number of hydrogen-bond acceptors (Lipinski definition) is 4. The largest absolute Gasteiger partial charge is 0.598 e. The number of benzene rings is 1. The molecule has 1 unspecified atom stereocenters. The maximum atomic E-state index is 12.9. The van der Waals surface area contributed by atoms with E-state index in [1.54, 1.807) is 11.9 Å². The van der Waals surface area contributed by atoms with Crippen LogP contribution in [0.25, 0.3) is 0 Å². The van der Waals surface area contributed by atoms with Gasteiger partial charge in [0.25, 0.3) is 0 Å². The Kier molecular flexibility index (Phi) is 4.96. The number of methoxy groups -OCH3 is 1. The Morgan fingerprint density at radius 1 is 1.18 bits per heavy atom. The number of aryl methyl sites for hydroxylation is 2. The van der Waals surface area contributed by atoms with Crippen LogP contribution in [0.15, 0.2) is 18.2 Å². The van der Waals surface area contributed by atoms with E-state index in [0.29, 0.717) is 11.3 Å². The van der Waals surface area contributed by atoms with E-state index in [9.17, 15) is 9.35 Å². The monoisotopic (exact) mass is 404 g/mol. The molecule has 5 nitrogen and oxygen atoms in total. The van der Waals surface area contributed by atoms with Crippen molar-refractivity contribution in [3.05, 3.63) is 34.9 Å². The molecule has 0 N–H and O–H groups in total. The van der Waals surface area contributed by atoms with Gasteiger partial charge in [0.15, 0.2) is 0 Å². The molecule has 0 radical (unpaired) electrons. The topological polar surface area (TPSA) is 55.8 Å². The molecule has 1 amide bonds. The Labute approximate surface area is 171 Å². The standard InChI is InChI=1S/C22H32N2O3S/c1-15-6-16(2)8-17(7-15)18-9-22(10-18)13-24(14-22)28(26)19-11-21(3,12-19)23(4)20(25)27-5/h6-8,18-19H,9-14H2,1-5H3/t19-,21+,28?. The summed E-state index contributed by atoms with van der Waals surface area (Å²) in [4.78, 5) is 13.4. The molecule has 154 valence electrons. The summed E-state index contributed by atoms with van der Waals surface area (Å²) in [5.41, 5.74) is 4.31. The molecule has 1 aromatic rings. The van der Waals surface area contributed by atoms with Crippen LogP contribution in [0, 0.1) is 19.3 Å². The van der Waals surface area contributed by atoms with E-state index in [-0.39, 0.29) is 16.9 Å². The predicted octanol–water partition coefficient (Wildman–Crippen LogP) is 3.77. The molecule has 1 saturated heterocycles. The molecule has 2 saturated carbocycles. The van der Waals surface area contributed by atoms with Crippen molar-refractivity contribution in [2.24, 2.45) is 5.41 Å². The van der Waals surface area contributed by atoms with Gasteiger partial charge in [0.1, 0.15) is 5.25 Å². The van der Waals surface area contributed by atoms with Crippen molar-refractivity contribution in [2.45, 2.75) is 63.2 Å². The zero-order chi connectivity index (χ0) is 20.3. The Bertz CT molecular complexity index is 743. The van der Waals surface area contributed by atoms with Crippen molar-refractivity contribution in [3.63, 3.8) is 0 Å². The number of amides is 1. The van der Waals surface area contributed by atoms with E-state index in [1.165, 1.54) is 36.6 Å². The normalized spacial score (nSPS) is 30.1. The van der Waals surface area contributed by atoms with Crippen LogP contribution in [-0.4, -0.2) is 57.9 Å². The number of hydrogen-bond donors (Lipinski definition) is 0. The van der Waals surface area contributed by atoms with Crippen molar-refractivity contribution in [1.82, 2.24) is 9.21 Å². The van der Waals surface area contributed by atoms with Gasteiger partial charge in [-0.3, -0.25) is 0 Å². The van der Waals surface area contributed by atoms with Gasteiger partial charge < -0.3 is 14.2 Å². The summed E-state index contributed by atoms with van der Waals surface area (Å²) in [6, 6.07) is 6.88. The van der Waals surface area contributed by atoms with Gasteiger partial charge in [-0.2, -0.15) is 0 Å². The fraction of sp³-hybridized carbons (Fsp3) is 0.682. The zero-order valence-corrected chi connectivity index (χ0v) is 18.5. The van der Waals surface area contributed by atoms with Crippen molar-refractivity contribution in [3.8, 4) is 0 Å². The van der Waals surface area contributed by atoms with Crippen LogP contribution >= 0.6 is 0 Å². The molecule has 0 bridgehead atoms. The first-order valence-corrected chi connectivity index (χ1v) is 11.4. The van der Waals surface area contributed by atoms with Crippen molar-refractivity contribution in [2.75, 3.05) is 27.2 Å². The molecule has 1 heterocycles. The third kappa shape index (κ3) is 3.33. The van der Waals surface area contributed by atoms with E-state index in [1.807, 2.05) is 0 Å². The average Bonchev–Trinajstić information content (AvgIpc) is 2.54. The van der Waals surface area contributed by atoms with Gasteiger partial charge in [-0.05, 0) is 45.1 Å². The summed E-state index contributed by atoms with van der Waals surface area (Å²) in [6.07, 6.45) is 3.68. The van der Waals surface area contributed by atoms with Crippen LogP contribution in [0.1, 0.15) is 55.2 Å². The molecule has 3 fully saturated rings. The molecule has 4 rings (SSSR count). The molecular weight excluding hydrogens is 372 g/mol.